The summed E-state index contributed by atoms with van der Waals surface area (Å²) in [6.45, 7) is 0.432. The Kier molecular flexibility index (Phi) is 5.32. The van der Waals surface area contributed by atoms with Gasteiger partial charge in [-0.1, -0.05) is 29.8 Å². The van der Waals surface area contributed by atoms with Gasteiger partial charge in [-0.15, -0.1) is 11.8 Å². The zero-order chi connectivity index (χ0) is 14.4. The number of carboxylic acid groups (broad SMARTS) is 1. The van der Waals surface area contributed by atoms with E-state index in [1.807, 2.05) is 24.3 Å². The van der Waals surface area contributed by atoms with Gasteiger partial charge >= 0.3 is 5.97 Å². The van der Waals surface area contributed by atoms with Crippen molar-refractivity contribution < 1.29 is 14.6 Å². The Morgan fingerprint density at radius 3 is 2.75 bits per heavy atom. The molecule has 1 N–H and O–H groups in total. The van der Waals surface area contributed by atoms with Crippen LogP contribution in [-0.2, 0) is 0 Å². The minimum atomic E-state index is -0.983. The van der Waals surface area contributed by atoms with Gasteiger partial charge in [0.2, 0.25) is 0 Å². The average molecular weight is 309 g/mol. The van der Waals surface area contributed by atoms with Crippen LogP contribution in [0.3, 0.4) is 0 Å². The molecule has 0 bridgehead atoms. The van der Waals surface area contributed by atoms with Gasteiger partial charge in [0, 0.05) is 15.7 Å². The van der Waals surface area contributed by atoms with E-state index < -0.39 is 5.97 Å². The molecule has 0 spiro atoms. The van der Waals surface area contributed by atoms with Crippen LogP contribution in [0.15, 0.2) is 53.4 Å². The van der Waals surface area contributed by atoms with Crippen molar-refractivity contribution in [3.63, 3.8) is 0 Å². The number of thioether (sulfide) groups is 1. The Morgan fingerprint density at radius 1 is 1.20 bits per heavy atom. The standard InChI is InChI=1S/C15H13ClO3S/c16-11-4-3-5-12(10-11)20-9-8-19-14-7-2-1-6-13(14)15(17)18/h1-7,10H,8-9H2,(H,17,18). The number of aromatic carboxylic acids is 1. The number of carboxylic acids is 1. The van der Waals surface area contributed by atoms with Crippen LogP contribution in [0.2, 0.25) is 5.02 Å². The van der Waals surface area contributed by atoms with E-state index in [0.29, 0.717) is 23.1 Å². The maximum Gasteiger partial charge on any atom is 0.339 e. The highest BCUT2D eigenvalue weighted by molar-refractivity contribution is 7.99. The summed E-state index contributed by atoms with van der Waals surface area (Å²) in [4.78, 5) is 12.1. The lowest BCUT2D eigenvalue weighted by Gasteiger charge is -2.08. The number of benzene rings is 2. The van der Waals surface area contributed by atoms with Gasteiger partial charge in [-0.05, 0) is 30.3 Å². The molecule has 0 saturated carbocycles. The second-order valence-corrected chi connectivity index (χ2v) is 5.56. The van der Waals surface area contributed by atoms with Gasteiger partial charge in [0.15, 0.2) is 0 Å². The van der Waals surface area contributed by atoms with Crippen LogP contribution in [0, 0.1) is 0 Å². The van der Waals surface area contributed by atoms with E-state index in [-0.39, 0.29) is 5.56 Å². The van der Waals surface area contributed by atoms with Crippen LogP contribution in [0.25, 0.3) is 0 Å². The average Bonchev–Trinajstić information content (AvgIpc) is 2.44. The fourth-order valence-corrected chi connectivity index (χ4v) is 2.68. The summed E-state index contributed by atoms with van der Waals surface area (Å²) < 4.78 is 5.52. The SMILES string of the molecule is O=C(O)c1ccccc1OCCSc1cccc(Cl)c1. The third kappa shape index (κ3) is 4.18. The lowest BCUT2D eigenvalue weighted by Crippen LogP contribution is -2.05. The minimum Gasteiger partial charge on any atom is -0.492 e. The summed E-state index contributed by atoms with van der Waals surface area (Å²) >= 11 is 7.51. The van der Waals surface area contributed by atoms with Gasteiger partial charge in [-0.3, -0.25) is 0 Å². The summed E-state index contributed by atoms with van der Waals surface area (Å²) in [5.41, 5.74) is 0.181. The van der Waals surface area contributed by atoms with Gasteiger partial charge in [-0.25, -0.2) is 4.79 Å². The van der Waals surface area contributed by atoms with E-state index in [2.05, 4.69) is 0 Å². The number of halogens is 1. The molecule has 104 valence electrons. The summed E-state index contributed by atoms with van der Waals surface area (Å²) in [5.74, 6) is 0.128. The Labute approximate surface area is 126 Å². The molecular weight excluding hydrogens is 296 g/mol. The number of para-hydroxylation sites is 1. The van der Waals surface area contributed by atoms with Crippen LogP contribution in [-0.4, -0.2) is 23.4 Å². The monoisotopic (exact) mass is 308 g/mol. The van der Waals surface area contributed by atoms with E-state index in [4.69, 9.17) is 21.4 Å². The van der Waals surface area contributed by atoms with Crippen LogP contribution < -0.4 is 4.74 Å². The second-order valence-electron chi connectivity index (χ2n) is 3.96. The molecule has 0 radical (unpaired) electrons. The molecule has 2 aromatic rings. The molecule has 0 amide bonds. The Morgan fingerprint density at radius 2 is 2.00 bits per heavy atom. The molecule has 2 aromatic carbocycles. The van der Waals surface area contributed by atoms with E-state index in [0.717, 1.165) is 4.90 Å². The van der Waals surface area contributed by atoms with E-state index in [1.165, 1.54) is 6.07 Å². The van der Waals surface area contributed by atoms with E-state index >= 15 is 0 Å². The zero-order valence-electron chi connectivity index (χ0n) is 10.6. The summed E-state index contributed by atoms with van der Waals surface area (Å²) in [7, 11) is 0. The van der Waals surface area contributed by atoms with Gasteiger partial charge in [0.05, 0.1) is 6.61 Å². The molecule has 0 saturated heterocycles. The van der Waals surface area contributed by atoms with Gasteiger partial charge in [0.1, 0.15) is 11.3 Å². The second kappa shape index (κ2) is 7.22. The Hall–Kier alpha value is -1.65. The molecule has 0 atom stereocenters. The molecule has 0 aliphatic rings. The Balaban J connectivity index is 1.86. The molecular formula is C15H13ClO3S. The number of hydrogen-bond acceptors (Lipinski definition) is 3. The predicted octanol–water partition coefficient (Wildman–Crippen LogP) is 4.21. The highest BCUT2D eigenvalue weighted by Crippen LogP contribution is 2.22. The lowest BCUT2D eigenvalue weighted by molar-refractivity contribution is 0.0692. The molecule has 0 aliphatic carbocycles. The first kappa shape index (κ1) is 14.8. The molecule has 20 heavy (non-hydrogen) atoms. The normalized spacial score (nSPS) is 10.2. The van der Waals surface area contributed by atoms with Crippen molar-refractivity contribution in [2.24, 2.45) is 0 Å². The molecule has 0 aliphatic heterocycles. The minimum absolute atomic E-state index is 0.181. The third-order valence-corrected chi connectivity index (χ3v) is 3.72. The Bertz CT molecular complexity index is 601. The van der Waals surface area contributed by atoms with Crippen LogP contribution in [0.1, 0.15) is 10.4 Å². The molecule has 5 heteroatoms. The number of carbonyl (C=O) groups is 1. The summed E-state index contributed by atoms with van der Waals surface area (Å²) in [6, 6.07) is 14.2. The number of ether oxygens (including phenoxy) is 1. The van der Waals surface area contributed by atoms with Crippen molar-refractivity contribution >= 4 is 29.3 Å². The molecule has 0 unspecified atom stereocenters. The van der Waals surface area contributed by atoms with Crippen molar-refractivity contribution in [1.82, 2.24) is 0 Å². The van der Waals surface area contributed by atoms with Crippen LogP contribution in [0.4, 0.5) is 0 Å². The maximum atomic E-state index is 11.0. The van der Waals surface area contributed by atoms with Crippen molar-refractivity contribution in [2.45, 2.75) is 4.90 Å². The quantitative estimate of drug-likeness (QED) is 0.641. The predicted molar refractivity (Wildman–Crippen MR) is 81.1 cm³/mol. The molecule has 3 nitrogen and oxygen atoms in total. The van der Waals surface area contributed by atoms with Crippen molar-refractivity contribution in [1.29, 1.82) is 0 Å². The lowest BCUT2D eigenvalue weighted by atomic mass is 10.2. The highest BCUT2D eigenvalue weighted by atomic mass is 35.5. The molecule has 2 rings (SSSR count). The van der Waals surface area contributed by atoms with Gasteiger partial charge in [0.25, 0.3) is 0 Å². The molecule has 0 aromatic heterocycles. The fraction of sp³-hybridized carbons (Fsp3) is 0.133. The van der Waals surface area contributed by atoms with Crippen LogP contribution in [0.5, 0.6) is 5.75 Å². The van der Waals surface area contributed by atoms with Crippen LogP contribution >= 0.6 is 23.4 Å². The van der Waals surface area contributed by atoms with Crippen molar-refractivity contribution in [2.75, 3.05) is 12.4 Å². The largest absolute Gasteiger partial charge is 0.492 e. The van der Waals surface area contributed by atoms with Crippen molar-refractivity contribution in [3.8, 4) is 5.75 Å². The smallest absolute Gasteiger partial charge is 0.339 e. The summed E-state index contributed by atoms with van der Waals surface area (Å²) in [6.07, 6.45) is 0. The third-order valence-electron chi connectivity index (χ3n) is 2.52. The van der Waals surface area contributed by atoms with Crippen molar-refractivity contribution in [3.05, 3.63) is 59.1 Å². The first-order valence-electron chi connectivity index (χ1n) is 6.00. The van der Waals surface area contributed by atoms with Gasteiger partial charge < -0.3 is 9.84 Å². The number of hydrogen-bond donors (Lipinski definition) is 1. The first-order chi connectivity index (χ1) is 9.66. The maximum absolute atomic E-state index is 11.0. The zero-order valence-corrected chi connectivity index (χ0v) is 12.2. The first-order valence-corrected chi connectivity index (χ1v) is 7.36. The number of rotatable bonds is 6. The topological polar surface area (TPSA) is 46.5 Å². The highest BCUT2D eigenvalue weighted by Gasteiger charge is 2.09. The molecule has 0 heterocycles. The fourth-order valence-electron chi connectivity index (χ4n) is 1.64. The van der Waals surface area contributed by atoms with E-state index in [1.54, 1.807) is 30.0 Å². The van der Waals surface area contributed by atoms with E-state index in [9.17, 15) is 4.79 Å². The van der Waals surface area contributed by atoms with Gasteiger partial charge in [-0.2, -0.15) is 0 Å². The molecule has 0 fully saturated rings. The summed E-state index contributed by atoms with van der Waals surface area (Å²) in [5, 5.41) is 9.73.